The number of allylic oxidation sites excluding steroid dienone is 34. The standard InChI is InChI=1S/C75H112O6/c1-4-7-10-13-16-19-22-24-26-28-30-32-34-35-36-37-38-39-41-42-44-46-48-50-53-56-59-62-65-68-74(77)80-71-72(70-79-73(76)67-64-61-58-55-52-21-18-15-12-9-6-3)81-75(78)69-66-63-60-57-54-51-49-47-45-43-40-33-31-29-27-25-23-20-17-14-11-8-5-2/h7-8,10-11,15-20,24-27,30-33,35-36,38-39,42-45,48-51,56-57,59-60,72H,4-6,9,12-14,21-23,28-29,34,37,40-41,46-47,52-55,58,61-71H2,1-3H3/b10-7-,11-8-,18-15-,19-16-,20-17-,26-24-,27-25-,32-30-,33-31-,36-35-,39-38-,44-42-,45-43-,50-48-,51-49-,59-56-,60-57-. The molecule has 0 rings (SSSR count). The molecule has 0 radical (unpaired) electrons. The summed E-state index contributed by atoms with van der Waals surface area (Å²) in [5.41, 5.74) is 0. The van der Waals surface area contributed by atoms with Crippen molar-refractivity contribution in [3.8, 4) is 0 Å². The van der Waals surface area contributed by atoms with Gasteiger partial charge in [0, 0.05) is 19.3 Å². The molecule has 448 valence electrons. The van der Waals surface area contributed by atoms with E-state index in [1.807, 2.05) is 0 Å². The Balaban J connectivity index is 4.54. The van der Waals surface area contributed by atoms with Gasteiger partial charge in [-0.05, 0) is 154 Å². The maximum absolute atomic E-state index is 12.9. The molecular formula is C75H112O6. The minimum Gasteiger partial charge on any atom is -0.462 e. The third-order valence-electron chi connectivity index (χ3n) is 12.3. The number of ether oxygens (including phenoxy) is 3. The van der Waals surface area contributed by atoms with Crippen LogP contribution in [0.2, 0.25) is 0 Å². The van der Waals surface area contributed by atoms with Crippen LogP contribution in [0, 0.1) is 0 Å². The van der Waals surface area contributed by atoms with Gasteiger partial charge in [-0.25, -0.2) is 0 Å². The Labute approximate surface area is 496 Å². The average molecular weight is 1110 g/mol. The number of hydrogen-bond acceptors (Lipinski definition) is 6. The SMILES string of the molecule is CC/C=C\C/C=C\C/C=C\C/C=C\C/C=C\C/C=C\C/C=C\C/C=C\C/C=C\CCCC(=O)OCC(COC(=O)CCCCCCC/C=C\CCCC)OC(=O)CCC/C=C\C/C=C\C/C=C\C/C=C\C/C=C\C/C=C\C/C=C\CC. The summed E-state index contributed by atoms with van der Waals surface area (Å²) >= 11 is 0. The van der Waals surface area contributed by atoms with E-state index in [0.29, 0.717) is 19.3 Å². The summed E-state index contributed by atoms with van der Waals surface area (Å²) < 4.78 is 16.8. The summed E-state index contributed by atoms with van der Waals surface area (Å²) in [5.74, 6) is -1.08. The topological polar surface area (TPSA) is 78.9 Å². The van der Waals surface area contributed by atoms with Crippen LogP contribution in [-0.4, -0.2) is 37.2 Å². The average Bonchev–Trinajstić information content (AvgIpc) is 3.47. The second-order valence-electron chi connectivity index (χ2n) is 19.8. The summed E-state index contributed by atoms with van der Waals surface area (Å²) in [5, 5.41) is 0. The highest BCUT2D eigenvalue weighted by Crippen LogP contribution is 2.11. The molecule has 0 aromatic rings. The lowest BCUT2D eigenvalue weighted by Crippen LogP contribution is -2.30. The highest BCUT2D eigenvalue weighted by atomic mass is 16.6. The minimum atomic E-state index is -0.849. The third-order valence-corrected chi connectivity index (χ3v) is 12.3. The molecule has 0 aromatic carbocycles. The molecule has 0 fully saturated rings. The van der Waals surface area contributed by atoms with Crippen LogP contribution in [0.15, 0.2) is 207 Å². The van der Waals surface area contributed by atoms with Gasteiger partial charge in [0.15, 0.2) is 6.10 Å². The van der Waals surface area contributed by atoms with Gasteiger partial charge in [-0.2, -0.15) is 0 Å². The Hall–Kier alpha value is -6.01. The van der Waals surface area contributed by atoms with Crippen molar-refractivity contribution in [1.29, 1.82) is 0 Å². The minimum absolute atomic E-state index is 0.135. The van der Waals surface area contributed by atoms with E-state index in [9.17, 15) is 14.4 Å². The number of rotatable bonds is 54. The number of carbonyl (C=O) groups excluding carboxylic acids is 3. The fourth-order valence-electron chi connectivity index (χ4n) is 7.59. The highest BCUT2D eigenvalue weighted by molar-refractivity contribution is 5.71. The Morgan fingerprint density at radius 1 is 0.259 bits per heavy atom. The van der Waals surface area contributed by atoms with Crippen molar-refractivity contribution in [1.82, 2.24) is 0 Å². The van der Waals surface area contributed by atoms with E-state index < -0.39 is 12.1 Å². The van der Waals surface area contributed by atoms with Gasteiger partial charge >= 0.3 is 17.9 Å². The van der Waals surface area contributed by atoms with Crippen molar-refractivity contribution in [2.75, 3.05) is 13.2 Å². The summed E-state index contributed by atoms with van der Waals surface area (Å²) in [4.78, 5) is 38.2. The van der Waals surface area contributed by atoms with Crippen molar-refractivity contribution in [2.24, 2.45) is 0 Å². The monoisotopic (exact) mass is 1110 g/mol. The molecule has 0 saturated carbocycles. The molecule has 0 bridgehead atoms. The molecule has 0 heterocycles. The molecule has 0 N–H and O–H groups in total. The fourth-order valence-corrected chi connectivity index (χ4v) is 7.59. The molecule has 81 heavy (non-hydrogen) atoms. The molecule has 0 aromatic heterocycles. The van der Waals surface area contributed by atoms with Crippen molar-refractivity contribution in [3.05, 3.63) is 207 Å². The highest BCUT2D eigenvalue weighted by Gasteiger charge is 2.19. The Kier molecular flexibility index (Phi) is 61.6. The first kappa shape index (κ1) is 75.0. The molecule has 0 aliphatic heterocycles. The van der Waals surface area contributed by atoms with E-state index in [0.717, 1.165) is 154 Å². The van der Waals surface area contributed by atoms with Crippen LogP contribution in [0.3, 0.4) is 0 Å². The number of hydrogen-bond donors (Lipinski definition) is 0. The summed E-state index contributed by atoms with van der Waals surface area (Å²) in [6.45, 7) is 6.24. The summed E-state index contributed by atoms with van der Waals surface area (Å²) in [7, 11) is 0. The Bertz CT molecular complexity index is 2000. The lowest BCUT2D eigenvalue weighted by molar-refractivity contribution is -0.167. The van der Waals surface area contributed by atoms with E-state index in [1.165, 1.54) is 19.3 Å². The van der Waals surface area contributed by atoms with Crippen LogP contribution in [0.5, 0.6) is 0 Å². The Morgan fingerprint density at radius 3 is 0.815 bits per heavy atom. The maximum atomic E-state index is 12.9. The van der Waals surface area contributed by atoms with E-state index in [2.05, 4.69) is 227 Å². The van der Waals surface area contributed by atoms with Gasteiger partial charge in [-0.1, -0.05) is 259 Å². The van der Waals surface area contributed by atoms with Gasteiger partial charge in [0.1, 0.15) is 13.2 Å². The zero-order chi connectivity index (χ0) is 58.5. The smallest absolute Gasteiger partial charge is 0.306 e. The van der Waals surface area contributed by atoms with Crippen LogP contribution in [0.4, 0.5) is 0 Å². The first-order valence-corrected chi connectivity index (χ1v) is 31.6. The third kappa shape index (κ3) is 64.7. The molecule has 1 unspecified atom stereocenters. The van der Waals surface area contributed by atoms with E-state index in [4.69, 9.17) is 14.2 Å². The van der Waals surface area contributed by atoms with Crippen LogP contribution in [0.1, 0.15) is 226 Å². The molecule has 6 heteroatoms. The van der Waals surface area contributed by atoms with Gasteiger partial charge in [-0.3, -0.25) is 14.4 Å². The molecule has 0 spiro atoms. The lowest BCUT2D eigenvalue weighted by Gasteiger charge is -2.18. The predicted molar refractivity (Wildman–Crippen MR) is 352 cm³/mol. The quantitative estimate of drug-likeness (QED) is 0.0261. The van der Waals surface area contributed by atoms with Crippen molar-refractivity contribution in [2.45, 2.75) is 232 Å². The van der Waals surface area contributed by atoms with Crippen molar-refractivity contribution < 1.29 is 28.6 Å². The largest absolute Gasteiger partial charge is 0.462 e. The van der Waals surface area contributed by atoms with Gasteiger partial charge in [0.25, 0.3) is 0 Å². The second-order valence-corrected chi connectivity index (χ2v) is 19.8. The second kappa shape index (κ2) is 66.5. The molecule has 6 nitrogen and oxygen atoms in total. The maximum Gasteiger partial charge on any atom is 0.306 e. The first-order valence-electron chi connectivity index (χ1n) is 31.6. The molecule has 0 amide bonds. The van der Waals surface area contributed by atoms with Gasteiger partial charge in [0.05, 0.1) is 0 Å². The Morgan fingerprint density at radius 2 is 0.494 bits per heavy atom. The number of carbonyl (C=O) groups is 3. The van der Waals surface area contributed by atoms with Crippen LogP contribution >= 0.6 is 0 Å². The van der Waals surface area contributed by atoms with Gasteiger partial charge in [0.2, 0.25) is 0 Å². The molecular weight excluding hydrogens is 997 g/mol. The fraction of sp³-hybridized carbons (Fsp3) is 0.507. The predicted octanol–water partition coefficient (Wildman–Crippen LogP) is 22.0. The zero-order valence-electron chi connectivity index (χ0n) is 51.2. The van der Waals surface area contributed by atoms with Gasteiger partial charge in [-0.15, -0.1) is 0 Å². The van der Waals surface area contributed by atoms with E-state index in [-0.39, 0.29) is 38.0 Å². The van der Waals surface area contributed by atoms with Crippen LogP contribution in [-0.2, 0) is 28.6 Å². The normalized spacial score (nSPS) is 13.6. The van der Waals surface area contributed by atoms with Crippen molar-refractivity contribution in [3.63, 3.8) is 0 Å². The molecule has 1 atom stereocenters. The number of esters is 3. The lowest BCUT2D eigenvalue weighted by atomic mass is 10.1. The number of unbranched alkanes of at least 4 members (excludes halogenated alkanes) is 9. The molecule has 0 aliphatic carbocycles. The van der Waals surface area contributed by atoms with E-state index in [1.54, 1.807) is 0 Å². The first-order chi connectivity index (χ1) is 40.0. The molecule has 0 aliphatic rings. The van der Waals surface area contributed by atoms with Crippen LogP contribution < -0.4 is 0 Å². The zero-order valence-corrected chi connectivity index (χ0v) is 51.2. The van der Waals surface area contributed by atoms with E-state index >= 15 is 0 Å². The summed E-state index contributed by atoms with van der Waals surface area (Å²) in [6.07, 6.45) is 103. The van der Waals surface area contributed by atoms with Crippen LogP contribution in [0.25, 0.3) is 0 Å². The van der Waals surface area contributed by atoms with Crippen molar-refractivity contribution >= 4 is 17.9 Å². The summed E-state index contributed by atoms with van der Waals surface area (Å²) in [6, 6.07) is 0. The van der Waals surface area contributed by atoms with Gasteiger partial charge < -0.3 is 14.2 Å². The molecule has 0 saturated heterocycles.